The molecule has 2 heterocycles. The number of hydrogen-bond acceptors (Lipinski definition) is 5. The smallest absolute Gasteiger partial charge is 0.234 e. The van der Waals surface area contributed by atoms with Gasteiger partial charge in [-0.3, -0.25) is 0 Å². The molecule has 5 nitrogen and oxygen atoms in total. The van der Waals surface area contributed by atoms with Crippen molar-refractivity contribution in [1.29, 1.82) is 0 Å². The first-order chi connectivity index (χ1) is 8.74. The number of rotatable bonds is 3. The maximum atomic E-state index is 5.83. The first kappa shape index (κ1) is 11.3. The summed E-state index contributed by atoms with van der Waals surface area (Å²) in [6.07, 6.45) is 0.726. The predicted molar refractivity (Wildman–Crippen MR) is 70.5 cm³/mol. The zero-order valence-electron chi connectivity index (χ0n) is 9.95. The van der Waals surface area contributed by atoms with Gasteiger partial charge in [-0.05, 0) is 12.5 Å². The average Bonchev–Trinajstić information content (AvgIpc) is 2.93. The maximum Gasteiger partial charge on any atom is 0.234 e. The van der Waals surface area contributed by atoms with E-state index in [0.29, 0.717) is 0 Å². The molecule has 0 aliphatic heterocycles. The van der Waals surface area contributed by atoms with Gasteiger partial charge in [-0.25, -0.2) is 0 Å². The fourth-order valence-electron chi connectivity index (χ4n) is 1.74. The van der Waals surface area contributed by atoms with Gasteiger partial charge in [0.15, 0.2) is 5.82 Å². The number of fused-ring (bicyclic) bond motifs is 1. The fraction of sp³-hybridized carbons (Fsp3) is 0.250. The van der Waals surface area contributed by atoms with Crippen LogP contribution in [0.15, 0.2) is 30.3 Å². The molecule has 2 N–H and O–H groups in total. The first-order valence-electron chi connectivity index (χ1n) is 5.74. The van der Waals surface area contributed by atoms with Crippen molar-refractivity contribution in [2.24, 2.45) is 5.73 Å². The second kappa shape index (κ2) is 4.47. The van der Waals surface area contributed by atoms with Gasteiger partial charge in [0.05, 0.1) is 6.04 Å². The predicted octanol–water partition coefficient (Wildman–Crippen LogP) is 1.80. The van der Waals surface area contributed by atoms with E-state index in [0.717, 1.165) is 22.2 Å². The lowest BCUT2D eigenvalue weighted by Gasteiger charge is -1.98. The maximum absolute atomic E-state index is 5.83. The van der Waals surface area contributed by atoms with E-state index in [-0.39, 0.29) is 6.04 Å². The average molecular weight is 259 g/mol. The summed E-state index contributed by atoms with van der Waals surface area (Å²) in [5.41, 5.74) is 7.02. The van der Waals surface area contributed by atoms with Crippen LogP contribution in [0.2, 0.25) is 0 Å². The van der Waals surface area contributed by atoms with Crippen molar-refractivity contribution < 1.29 is 0 Å². The zero-order valence-corrected chi connectivity index (χ0v) is 10.8. The van der Waals surface area contributed by atoms with Gasteiger partial charge in [0.1, 0.15) is 5.01 Å². The number of benzene rings is 1. The van der Waals surface area contributed by atoms with Gasteiger partial charge in [0, 0.05) is 6.42 Å². The summed E-state index contributed by atoms with van der Waals surface area (Å²) >= 11 is 1.49. The Balaban J connectivity index is 1.97. The quantitative estimate of drug-likeness (QED) is 0.778. The molecule has 0 fully saturated rings. The Hall–Kier alpha value is -1.79. The second-order valence-corrected chi connectivity index (χ2v) is 5.19. The van der Waals surface area contributed by atoms with E-state index in [4.69, 9.17) is 5.73 Å². The summed E-state index contributed by atoms with van der Waals surface area (Å²) in [5, 5.41) is 13.6. The van der Waals surface area contributed by atoms with Crippen LogP contribution in [-0.4, -0.2) is 19.8 Å². The van der Waals surface area contributed by atoms with Gasteiger partial charge in [-0.15, -0.1) is 10.2 Å². The van der Waals surface area contributed by atoms with Crippen LogP contribution in [0, 0.1) is 0 Å². The molecule has 1 atom stereocenters. The molecule has 6 heteroatoms. The van der Waals surface area contributed by atoms with Crippen molar-refractivity contribution in [2.75, 3.05) is 0 Å². The van der Waals surface area contributed by atoms with E-state index in [2.05, 4.69) is 27.4 Å². The number of hydrogen-bond donors (Lipinski definition) is 1. The Labute approximate surface area is 108 Å². The molecule has 0 bridgehead atoms. The highest BCUT2D eigenvalue weighted by molar-refractivity contribution is 7.16. The molecule has 0 radical (unpaired) electrons. The number of nitrogens with zero attached hydrogens (tertiary/aromatic N) is 4. The summed E-state index contributed by atoms with van der Waals surface area (Å²) in [5.74, 6) is 0.847. The van der Waals surface area contributed by atoms with Crippen LogP contribution in [0.3, 0.4) is 0 Å². The molecule has 18 heavy (non-hydrogen) atoms. The Kier molecular flexibility index (Phi) is 2.81. The molecule has 92 valence electrons. The lowest BCUT2D eigenvalue weighted by Crippen LogP contribution is -2.06. The highest BCUT2D eigenvalue weighted by Crippen LogP contribution is 2.19. The van der Waals surface area contributed by atoms with Gasteiger partial charge in [-0.1, -0.05) is 41.7 Å². The van der Waals surface area contributed by atoms with Gasteiger partial charge < -0.3 is 5.73 Å². The third-order valence-corrected chi connectivity index (χ3v) is 3.77. The van der Waals surface area contributed by atoms with Crippen molar-refractivity contribution in [3.8, 4) is 0 Å². The van der Waals surface area contributed by atoms with Crippen LogP contribution >= 0.6 is 11.3 Å². The third-order valence-electron chi connectivity index (χ3n) is 2.67. The van der Waals surface area contributed by atoms with Crippen LogP contribution in [-0.2, 0) is 6.42 Å². The minimum atomic E-state index is -0.0683. The van der Waals surface area contributed by atoms with Crippen LogP contribution in [0.4, 0.5) is 0 Å². The van der Waals surface area contributed by atoms with Crippen LogP contribution in [0.5, 0.6) is 0 Å². The second-order valence-electron chi connectivity index (χ2n) is 4.20. The lowest BCUT2D eigenvalue weighted by atomic mass is 10.1. The molecular formula is C12H13N5S. The van der Waals surface area contributed by atoms with Crippen molar-refractivity contribution >= 4 is 16.3 Å². The standard InChI is InChI=1S/C12H13N5S/c1-8(13)11-16-17-10(14-15-12(17)18-11)7-9-5-3-2-4-6-9/h2-6,8H,7,13H2,1H3. The summed E-state index contributed by atoms with van der Waals surface area (Å²) < 4.78 is 1.79. The Bertz CT molecular complexity index is 655. The minimum absolute atomic E-state index is 0.0683. The number of nitrogens with two attached hydrogens (primary N) is 1. The molecule has 0 amide bonds. The van der Waals surface area contributed by atoms with Gasteiger partial charge in [0.2, 0.25) is 4.96 Å². The molecule has 0 aliphatic carbocycles. The molecule has 0 aliphatic rings. The topological polar surface area (TPSA) is 69.1 Å². The van der Waals surface area contributed by atoms with Gasteiger partial charge in [0.25, 0.3) is 0 Å². The molecule has 0 saturated heterocycles. The third kappa shape index (κ3) is 2.00. The van der Waals surface area contributed by atoms with Crippen LogP contribution in [0.25, 0.3) is 4.96 Å². The summed E-state index contributed by atoms with van der Waals surface area (Å²) in [6, 6.07) is 10.1. The molecule has 1 unspecified atom stereocenters. The lowest BCUT2D eigenvalue weighted by molar-refractivity contribution is 0.750. The van der Waals surface area contributed by atoms with E-state index in [1.54, 1.807) is 4.52 Å². The van der Waals surface area contributed by atoms with E-state index in [1.807, 2.05) is 25.1 Å². The molecule has 3 rings (SSSR count). The highest BCUT2D eigenvalue weighted by Gasteiger charge is 2.13. The SMILES string of the molecule is CC(N)c1nn2c(Cc3ccccc3)nnc2s1. The summed E-state index contributed by atoms with van der Waals surface area (Å²) in [6.45, 7) is 1.92. The van der Waals surface area contributed by atoms with Crippen LogP contribution in [0.1, 0.15) is 29.4 Å². The summed E-state index contributed by atoms with van der Waals surface area (Å²) in [7, 11) is 0. The highest BCUT2D eigenvalue weighted by atomic mass is 32.1. The number of aromatic nitrogens is 4. The Morgan fingerprint density at radius 2 is 2.06 bits per heavy atom. The molecule has 1 aromatic carbocycles. The van der Waals surface area contributed by atoms with Crippen LogP contribution < -0.4 is 5.73 Å². The zero-order chi connectivity index (χ0) is 12.5. The minimum Gasteiger partial charge on any atom is -0.322 e. The van der Waals surface area contributed by atoms with Crippen molar-refractivity contribution in [1.82, 2.24) is 19.8 Å². The Morgan fingerprint density at radius 3 is 2.78 bits per heavy atom. The first-order valence-corrected chi connectivity index (χ1v) is 6.56. The molecule has 2 aromatic heterocycles. The largest absolute Gasteiger partial charge is 0.322 e. The van der Waals surface area contributed by atoms with E-state index >= 15 is 0 Å². The normalized spacial score (nSPS) is 13.0. The fourth-order valence-corrected chi connectivity index (χ4v) is 2.55. The van der Waals surface area contributed by atoms with E-state index in [1.165, 1.54) is 16.9 Å². The Morgan fingerprint density at radius 1 is 1.28 bits per heavy atom. The molecule has 0 spiro atoms. The van der Waals surface area contributed by atoms with Gasteiger partial charge in [-0.2, -0.15) is 9.61 Å². The van der Waals surface area contributed by atoms with Crippen molar-refractivity contribution in [2.45, 2.75) is 19.4 Å². The van der Waals surface area contributed by atoms with Crippen molar-refractivity contribution in [3.63, 3.8) is 0 Å². The molecule has 3 aromatic rings. The molecular weight excluding hydrogens is 246 g/mol. The van der Waals surface area contributed by atoms with E-state index < -0.39 is 0 Å². The summed E-state index contributed by atoms with van der Waals surface area (Å²) in [4.78, 5) is 0.799. The van der Waals surface area contributed by atoms with Crippen molar-refractivity contribution in [3.05, 3.63) is 46.7 Å². The monoisotopic (exact) mass is 259 g/mol. The van der Waals surface area contributed by atoms with Gasteiger partial charge >= 0.3 is 0 Å². The van der Waals surface area contributed by atoms with E-state index in [9.17, 15) is 0 Å². The molecule has 0 saturated carbocycles.